The molecule has 1 aliphatic rings. The van der Waals surface area contributed by atoms with E-state index in [1.807, 2.05) is 0 Å². The molecule has 1 fully saturated rings. The molecule has 1 atom stereocenters. The smallest absolute Gasteiger partial charge is 0.326 e. The third-order valence-electron chi connectivity index (χ3n) is 3.46. The van der Waals surface area contributed by atoms with Gasteiger partial charge in [0.05, 0.1) is 18.1 Å². The Kier molecular flexibility index (Phi) is 3.39. The number of nitrogens with one attached hydrogen (secondary N) is 1. The zero-order chi connectivity index (χ0) is 14.8. The number of aromatic nitrogens is 3. The highest BCUT2D eigenvalue weighted by atomic mass is 16.4. The number of carboxylic acid groups (broad SMARTS) is 1. The van der Waals surface area contributed by atoms with Crippen molar-refractivity contribution < 1.29 is 14.7 Å². The van der Waals surface area contributed by atoms with Crippen LogP contribution in [0, 0.1) is 5.92 Å². The van der Waals surface area contributed by atoms with Gasteiger partial charge in [-0.05, 0) is 43.0 Å². The summed E-state index contributed by atoms with van der Waals surface area (Å²) in [5.41, 5.74) is 1.20. The molecule has 0 aliphatic heterocycles. The molecular formula is C14H14N4O3. The second-order valence-corrected chi connectivity index (χ2v) is 5.02. The van der Waals surface area contributed by atoms with Crippen LogP contribution < -0.4 is 5.32 Å². The molecule has 1 amide bonds. The fourth-order valence-electron chi connectivity index (χ4n) is 2.15. The first kappa shape index (κ1) is 13.3. The van der Waals surface area contributed by atoms with E-state index in [-0.39, 0.29) is 11.8 Å². The zero-order valence-corrected chi connectivity index (χ0v) is 11.1. The van der Waals surface area contributed by atoms with E-state index in [1.165, 1.54) is 0 Å². The Labute approximate surface area is 120 Å². The minimum Gasteiger partial charge on any atom is -0.480 e. The number of hydrogen-bond acceptors (Lipinski definition) is 4. The predicted octanol–water partition coefficient (Wildman–Crippen LogP) is 0.860. The maximum Gasteiger partial charge on any atom is 0.326 e. The monoisotopic (exact) mass is 286 g/mol. The van der Waals surface area contributed by atoms with Gasteiger partial charge in [-0.3, -0.25) is 4.79 Å². The van der Waals surface area contributed by atoms with Crippen LogP contribution in [0.25, 0.3) is 5.69 Å². The maximum absolute atomic E-state index is 12.1. The van der Waals surface area contributed by atoms with Crippen molar-refractivity contribution in [2.24, 2.45) is 5.92 Å². The molecule has 1 saturated carbocycles. The van der Waals surface area contributed by atoms with E-state index in [9.17, 15) is 9.59 Å². The van der Waals surface area contributed by atoms with Gasteiger partial charge in [-0.2, -0.15) is 0 Å². The van der Waals surface area contributed by atoms with Crippen LogP contribution in [0.5, 0.6) is 0 Å². The molecule has 7 heteroatoms. The summed E-state index contributed by atoms with van der Waals surface area (Å²) >= 11 is 0. The topological polar surface area (TPSA) is 97.1 Å². The van der Waals surface area contributed by atoms with E-state index in [2.05, 4.69) is 15.6 Å². The highest BCUT2D eigenvalue weighted by Crippen LogP contribution is 2.32. The van der Waals surface area contributed by atoms with Crippen molar-refractivity contribution in [1.29, 1.82) is 0 Å². The Bertz CT molecular complexity index is 647. The first-order chi connectivity index (χ1) is 10.1. The van der Waals surface area contributed by atoms with Gasteiger partial charge in [0.1, 0.15) is 6.04 Å². The number of benzene rings is 1. The highest BCUT2D eigenvalue weighted by Gasteiger charge is 2.37. The molecule has 1 aromatic carbocycles. The normalized spacial score (nSPS) is 15.4. The van der Waals surface area contributed by atoms with E-state index in [4.69, 9.17) is 5.11 Å². The Morgan fingerprint density at radius 2 is 2.00 bits per heavy atom. The number of aliphatic carboxylic acids is 1. The molecule has 108 valence electrons. The number of amides is 1. The van der Waals surface area contributed by atoms with E-state index in [0.717, 1.165) is 18.5 Å². The number of rotatable bonds is 5. The third kappa shape index (κ3) is 2.91. The zero-order valence-electron chi connectivity index (χ0n) is 11.1. The SMILES string of the molecule is O=C(NC(C(=O)O)C1CC1)c1ccc(-n2ccnn2)cc1. The fraction of sp³-hybridized carbons (Fsp3) is 0.286. The van der Waals surface area contributed by atoms with Crippen molar-refractivity contribution in [1.82, 2.24) is 20.3 Å². The van der Waals surface area contributed by atoms with Gasteiger partial charge < -0.3 is 10.4 Å². The Morgan fingerprint density at radius 3 is 2.52 bits per heavy atom. The van der Waals surface area contributed by atoms with Crippen LogP contribution in [-0.2, 0) is 4.79 Å². The summed E-state index contributed by atoms with van der Waals surface area (Å²) in [7, 11) is 0. The van der Waals surface area contributed by atoms with Crippen LogP contribution in [0.4, 0.5) is 0 Å². The van der Waals surface area contributed by atoms with Crippen LogP contribution >= 0.6 is 0 Å². The standard InChI is InChI=1S/C14H14N4O3/c19-13(16-12(14(20)21)9-1-2-9)10-3-5-11(6-4-10)18-8-7-15-17-18/h3-9,12H,1-2H2,(H,16,19)(H,20,21). The number of carboxylic acids is 1. The highest BCUT2D eigenvalue weighted by molar-refractivity contribution is 5.96. The van der Waals surface area contributed by atoms with Crippen molar-refractivity contribution >= 4 is 11.9 Å². The Morgan fingerprint density at radius 1 is 1.29 bits per heavy atom. The molecule has 0 radical (unpaired) electrons. The predicted molar refractivity (Wildman–Crippen MR) is 73.0 cm³/mol. The third-order valence-corrected chi connectivity index (χ3v) is 3.46. The number of carbonyl (C=O) groups is 2. The molecule has 1 aromatic heterocycles. The quantitative estimate of drug-likeness (QED) is 0.849. The van der Waals surface area contributed by atoms with Crippen LogP contribution in [0.15, 0.2) is 36.7 Å². The molecule has 21 heavy (non-hydrogen) atoms. The fourth-order valence-corrected chi connectivity index (χ4v) is 2.15. The van der Waals surface area contributed by atoms with Crippen LogP contribution in [0.2, 0.25) is 0 Å². The Balaban J connectivity index is 1.71. The van der Waals surface area contributed by atoms with Crippen molar-refractivity contribution in [2.45, 2.75) is 18.9 Å². The molecule has 0 spiro atoms. The van der Waals surface area contributed by atoms with Gasteiger partial charge in [0.15, 0.2) is 0 Å². The van der Waals surface area contributed by atoms with Gasteiger partial charge in [0.25, 0.3) is 5.91 Å². The molecule has 1 heterocycles. The van der Waals surface area contributed by atoms with Crippen molar-refractivity contribution in [3.8, 4) is 5.69 Å². The lowest BCUT2D eigenvalue weighted by atomic mass is 10.1. The van der Waals surface area contributed by atoms with Crippen molar-refractivity contribution in [3.63, 3.8) is 0 Å². The van der Waals surface area contributed by atoms with Crippen molar-refractivity contribution in [2.75, 3.05) is 0 Å². The summed E-state index contributed by atoms with van der Waals surface area (Å²) < 4.78 is 1.58. The second kappa shape index (κ2) is 5.35. The van der Waals surface area contributed by atoms with Crippen LogP contribution in [0.1, 0.15) is 23.2 Å². The minimum absolute atomic E-state index is 0.0564. The summed E-state index contributed by atoms with van der Waals surface area (Å²) in [5.74, 6) is -1.30. The summed E-state index contributed by atoms with van der Waals surface area (Å²) in [4.78, 5) is 23.2. The van der Waals surface area contributed by atoms with E-state index < -0.39 is 12.0 Å². The van der Waals surface area contributed by atoms with E-state index >= 15 is 0 Å². The second-order valence-electron chi connectivity index (χ2n) is 5.02. The van der Waals surface area contributed by atoms with Crippen LogP contribution in [-0.4, -0.2) is 38.0 Å². The lowest BCUT2D eigenvalue weighted by Gasteiger charge is -2.13. The minimum atomic E-state index is -0.981. The largest absolute Gasteiger partial charge is 0.480 e. The maximum atomic E-state index is 12.1. The molecule has 3 rings (SSSR count). The number of carbonyl (C=O) groups excluding carboxylic acids is 1. The molecular weight excluding hydrogens is 272 g/mol. The van der Waals surface area contributed by atoms with Gasteiger partial charge in [0, 0.05) is 5.56 Å². The first-order valence-electron chi connectivity index (χ1n) is 6.65. The van der Waals surface area contributed by atoms with Gasteiger partial charge in [-0.15, -0.1) is 5.10 Å². The average molecular weight is 286 g/mol. The molecule has 0 saturated heterocycles. The van der Waals surface area contributed by atoms with Gasteiger partial charge in [-0.1, -0.05) is 5.21 Å². The van der Waals surface area contributed by atoms with Crippen LogP contribution in [0.3, 0.4) is 0 Å². The Hall–Kier alpha value is -2.70. The number of nitrogens with zero attached hydrogens (tertiary/aromatic N) is 3. The molecule has 1 unspecified atom stereocenters. The molecule has 2 aromatic rings. The molecule has 1 aliphatic carbocycles. The molecule has 0 bridgehead atoms. The number of hydrogen-bond donors (Lipinski definition) is 2. The summed E-state index contributed by atoms with van der Waals surface area (Å²) in [6.45, 7) is 0. The average Bonchev–Trinajstić information content (AvgIpc) is 3.17. The first-order valence-corrected chi connectivity index (χ1v) is 6.65. The summed E-state index contributed by atoms with van der Waals surface area (Å²) in [5, 5.41) is 19.3. The van der Waals surface area contributed by atoms with Crippen molar-refractivity contribution in [3.05, 3.63) is 42.2 Å². The summed E-state index contributed by atoms with van der Waals surface area (Å²) in [6.07, 6.45) is 4.96. The summed E-state index contributed by atoms with van der Waals surface area (Å²) in [6, 6.07) is 5.94. The molecule has 2 N–H and O–H groups in total. The van der Waals surface area contributed by atoms with E-state index in [1.54, 1.807) is 41.3 Å². The molecule has 7 nitrogen and oxygen atoms in total. The van der Waals surface area contributed by atoms with Gasteiger partial charge >= 0.3 is 5.97 Å². The van der Waals surface area contributed by atoms with Gasteiger partial charge in [-0.25, -0.2) is 9.48 Å². The lowest BCUT2D eigenvalue weighted by molar-refractivity contribution is -0.139. The van der Waals surface area contributed by atoms with E-state index in [0.29, 0.717) is 5.56 Å². The lowest BCUT2D eigenvalue weighted by Crippen LogP contribution is -2.42. The van der Waals surface area contributed by atoms with Gasteiger partial charge in [0.2, 0.25) is 0 Å².